The summed E-state index contributed by atoms with van der Waals surface area (Å²) in [7, 11) is 0. The molecule has 74 valence electrons. The Labute approximate surface area is 79.6 Å². The number of allylic oxidation sites excluding steroid dienone is 1. The van der Waals surface area contributed by atoms with Gasteiger partial charge in [0.1, 0.15) is 0 Å². The van der Waals surface area contributed by atoms with E-state index in [1.165, 1.54) is 19.3 Å². The van der Waals surface area contributed by atoms with E-state index >= 15 is 0 Å². The van der Waals surface area contributed by atoms with Crippen molar-refractivity contribution < 1.29 is 9.90 Å². The average molecular weight is 182 g/mol. The molecule has 1 aliphatic carbocycles. The van der Waals surface area contributed by atoms with Crippen LogP contribution in [0.15, 0.2) is 12.7 Å². The summed E-state index contributed by atoms with van der Waals surface area (Å²) in [5, 5.41) is 8.82. The van der Waals surface area contributed by atoms with Crippen molar-refractivity contribution in [3.05, 3.63) is 12.7 Å². The third-order valence-corrected chi connectivity index (χ3v) is 3.02. The molecule has 1 aliphatic rings. The highest BCUT2D eigenvalue weighted by Gasteiger charge is 2.32. The van der Waals surface area contributed by atoms with Crippen LogP contribution in [0.3, 0.4) is 0 Å². The van der Waals surface area contributed by atoms with E-state index in [-0.39, 0.29) is 5.41 Å². The minimum Gasteiger partial charge on any atom is -0.481 e. The maximum absolute atomic E-state index is 10.7. The number of carboxylic acids is 1. The van der Waals surface area contributed by atoms with Crippen LogP contribution in [0, 0.1) is 5.41 Å². The molecule has 0 amide bonds. The Morgan fingerprint density at radius 1 is 1.38 bits per heavy atom. The largest absolute Gasteiger partial charge is 0.481 e. The van der Waals surface area contributed by atoms with E-state index in [1.807, 2.05) is 6.08 Å². The first-order chi connectivity index (χ1) is 6.18. The van der Waals surface area contributed by atoms with Crippen LogP contribution in [0.2, 0.25) is 0 Å². The second kappa shape index (κ2) is 4.45. The first-order valence-corrected chi connectivity index (χ1v) is 5.01. The summed E-state index contributed by atoms with van der Waals surface area (Å²) in [6, 6.07) is 0. The van der Waals surface area contributed by atoms with Crippen molar-refractivity contribution in [3.63, 3.8) is 0 Å². The fraction of sp³-hybridized carbons (Fsp3) is 0.727. The molecule has 1 N–H and O–H groups in total. The van der Waals surface area contributed by atoms with E-state index in [1.54, 1.807) is 0 Å². The lowest BCUT2D eigenvalue weighted by atomic mass is 9.70. The van der Waals surface area contributed by atoms with Gasteiger partial charge in [0.05, 0.1) is 6.42 Å². The van der Waals surface area contributed by atoms with Gasteiger partial charge in [0.15, 0.2) is 0 Å². The summed E-state index contributed by atoms with van der Waals surface area (Å²) in [6.45, 7) is 3.71. The maximum atomic E-state index is 10.7. The van der Waals surface area contributed by atoms with Crippen LogP contribution in [-0.2, 0) is 4.79 Å². The van der Waals surface area contributed by atoms with Crippen LogP contribution in [0.1, 0.15) is 44.9 Å². The molecule has 0 saturated heterocycles. The molecule has 1 saturated carbocycles. The summed E-state index contributed by atoms with van der Waals surface area (Å²) in [5.74, 6) is -0.663. The fourth-order valence-electron chi connectivity index (χ4n) is 2.38. The van der Waals surface area contributed by atoms with E-state index in [0.29, 0.717) is 6.42 Å². The van der Waals surface area contributed by atoms with Gasteiger partial charge in [0.25, 0.3) is 0 Å². The van der Waals surface area contributed by atoms with E-state index < -0.39 is 5.97 Å². The van der Waals surface area contributed by atoms with Crippen molar-refractivity contribution in [2.75, 3.05) is 0 Å². The lowest BCUT2D eigenvalue weighted by Crippen LogP contribution is -2.26. The zero-order chi connectivity index (χ0) is 9.73. The molecule has 0 heterocycles. The molecule has 0 spiro atoms. The Kier molecular flexibility index (Phi) is 3.52. The molecule has 0 unspecified atom stereocenters. The summed E-state index contributed by atoms with van der Waals surface area (Å²) < 4.78 is 0. The average Bonchev–Trinajstić information content (AvgIpc) is 2.04. The van der Waals surface area contributed by atoms with Gasteiger partial charge in [-0.15, -0.1) is 6.58 Å². The molecule has 0 aromatic carbocycles. The molecule has 0 radical (unpaired) electrons. The van der Waals surface area contributed by atoms with Crippen molar-refractivity contribution in [1.29, 1.82) is 0 Å². The predicted octanol–water partition coefficient (Wildman–Crippen LogP) is 2.99. The van der Waals surface area contributed by atoms with Gasteiger partial charge in [0, 0.05) is 0 Å². The molecule has 2 nitrogen and oxygen atoms in total. The van der Waals surface area contributed by atoms with Gasteiger partial charge < -0.3 is 5.11 Å². The van der Waals surface area contributed by atoms with E-state index in [4.69, 9.17) is 5.11 Å². The molecule has 13 heavy (non-hydrogen) atoms. The van der Waals surface area contributed by atoms with Crippen molar-refractivity contribution in [2.45, 2.75) is 44.9 Å². The summed E-state index contributed by atoms with van der Waals surface area (Å²) in [6.07, 6.45) is 8.80. The molecule has 0 aromatic rings. The van der Waals surface area contributed by atoms with Gasteiger partial charge in [-0.3, -0.25) is 4.79 Å². The Morgan fingerprint density at radius 3 is 2.46 bits per heavy atom. The SMILES string of the molecule is C=CCC1(CC(=O)O)CCCCC1. The fourth-order valence-corrected chi connectivity index (χ4v) is 2.38. The molecule has 0 atom stereocenters. The third-order valence-electron chi connectivity index (χ3n) is 3.02. The van der Waals surface area contributed by atoms with Crippen molar-refractivity contribution in [2.24, 2.45) is 5.41 Å². The topological polar surface area (TPSA) is 37.3 Å². The van der Waals surface area contributed by atoms with Gasteiger partial charge in [-0.05, 0) is 24.7 Å². The molecule has 0 bridgehead atoms. The van der Waals surface area contributed by atoms with Crippen molar-refractivity contribution in [3.8, 4) is 0 Å². The summed E-state index contributed by atoms with van der Waals surface area (Å²) >= 11 is 0. The number of hydrogen-bond acceptors (Lipinski definition) is 1. The van der Waals surface area contributed by atoms with Gasteiger partial charge in [-0.1, -0.05) is 25.3 Å². The van der Waals surface area contributed by atoms with Crippen LogP contribution in [0.5, 0.6) is 0 Å². The zero-order valence-corrected chi connectivity index (χ0v) is 8.09. The van der Waals surface area contributed by atoms with Gasteiger partial charge in [0.2, 0.25) is 0 Å². The van der Waals surface area contributed by atoms with Crippen LogP contribution >= 0.6 is 0 Å². The highest BCUT2D eigenvalue weighted by Crippen LogP contribution is 2.42. The van der Waals surface area contributed by atoms with Crippen LogP contribution in [0.25, 0.3) is 0 Å². The first kappa shape index (κ1) is 10.3. The molecular formula is C11H18O2. The van der Waals surface area contributed by atoms with Crippen LogP contribution in [0.4, 0.5) is 0 Å². The lowest BCUT2D eigenvalue weighted by Gasteiger charge is -2.35. The quantitative estimate of drug-likeness (QED) is 0.678. The first-order valence-electron chi connectivity index (χ1n) is 5.01. The van der Waals surface area contributed by atoms with E-state index in [2.05, 4.69) is 6.58 Å². The van der Waals surface area contributed by atoms with Crippen molar-refractivity contribution in [1.82, 2.24) is 0 Å². The highest BCUT2D eigenvalue weighted by atomic mass is 16.4. The Balaban J connectivity index is 2.60. The number of hydrogen-bond donors (Lipinski definition) is 1. The molecule has 1 fully saturated rings. The second-order valence-corrected chi connectivity index (χ2v) is 4.12. The predicted molar refractivity (Wildman–Crippen MR) is 52.6 cm³/mol. The Morgan fingerprint density at radius 2 is 2.00 bits per heavy atom. The van der Waals surface area contributed by atoms with Gasteiger partial charge in [-0.25, -0.2) is 0 Å². The molecular weight excluding hydrogens is 164 g/mol. The Hall–Kier alpha value is -0.790. The molecule has 0 aliphatic heterocycles. The van der Waals surface area contributed by atoms with E-state index in [0.717, 1.165) is 19.3 Å². The van der Waals surface area contributed by atoms with Crippen molar-refractivity contribution >= 4 is 5.97 Å². The third kappa shape index (κ3) is 2.87. The normalized spacial score (nSPS) is 20.9. The van der Waals surface area contributed by atoms with Crippen LogP contribution in [-0.4, -0.2) is 11.1 Å². The number of rotatable bonds is 4. The standard InChI is InChI=1S/C11H18O2/c1-2-6-11(9-10(12)13)7-4-3-5-8-11/h2H,1,3-9H2,(H,12,13). The van der Waals surface area contributed by atoms with Gasteiger partial charge >= 0.3 is 5.97 Å². The number of carboxylic acid groups (broad SMARTS) is 1. The number of carbonyl (C=O) groups is 1. The van der Waals surface area contributed by atoms with E-state index in [9.17, 15) is 4.79 Å². The number of aliphatic carboxylic acids is 1. The zero-order valence-electron chi connectivity index (χ0n) is 8.09. The smallest absolute Gasteiger partial charge is 0.303 e. The maximum Gasteiger partial charge on any atom is 0.303 e. The molecule has 1 rings (SSSR count). The summed E-state index contributed by atoms with van der Waals surface area (Å²) in [4.78, 5) is 10.7. The molecule has 2 heteroatoms. The van der Waals surface area contributed by atoms with Gasteiger partial charge in [-0.2, -0.15) is 0 Å². The lowest BCUT2D eigenvalue weighted by molar-refractivity contribution is -0.140. The highest BCUT2D eigenvalue weighted by molar-refractivity contribution is 5.67. The molecule has 0 aromatic heterocycles. The van der Waals surface area contributed by atoms with Crippen LogP contribution < -0.4 is 0 Å². The summed E-state index contributed by atoms with van der Waals surface area (Å²) in [5.41, 5.74) is 0.0336. The minimum absolute atomic E-state index is 0.0336. The monoisotopic (exact) mass is 182 g/mol. The second-order valence-electron chi connectivity index (χ2n) is 4.12. The minimum atomic E-state index is -0.663. The Bertz CT molecular complexity index is 190.